The van der Waals surface area contributed by atoms with Gasteiger partial charge in [0.25, 0.3) is 0 Å². The quantitative estimate of drug-likeness (QED) is 0.692. The summed E-state index contributed by atoms with van der Waals surface area (Å²) >= 11 is 7.38. The molecule has 1 saturated heterocycles. The number of thiazole rings is 1. The topological polar surface area (TPSA) is 50.7 Å². The molecule has 0 spiro atoms. The average molecular weight is 389 g/mol. The van der Waals surface area contributed by atoms with Crippen LogP contribution in [0.5, 0.6) is 0 Å². The molecule has 0 aliphatic carbocycles. The Labute approximate surface area is 160 Å². The van der Waals surface area contributed by atoms with Gasteiger partial charge in [-0.2, -0.15) is 4.39 Å². The van der Waals surface area contributed by atoms with E-state index in [4.69, 9.17) is 16.6 Å². The van der Waals surface area contributed by atoms with Gasteiger partial charge < -0.3 is 5.32 Å². The molecular weight excluding hydrogens is 371 g/mol. The molecule has 1 N–H and O–H groups in total. The lowest BCUT2D eigenvalue weighted by Gasteiger charge is -2.31. The molecule has 1 aliphatic heterocycles. The first-order valence-electron chi connectivity index (χ1n) is 8.61. The molecule has 7 heteroatoms. The highest BCUT2D eigenvalue weighted by Gasteiger charge is 2.26. The predicted molar refractivity (Wildman–Crippen MR) is 101 cm³/mol. The lowest BCUT2D eigenvalue weighted by molar-refractivity contribution is 0.321. The first-order chi connectivity index (χ1) is 12.7. The summed E-state index contributed by atoms with van der Waals surface area (Å²) in [6.45, 7) is 0. The Morgan fingerprint density at radius 2 is 2.04 bits per heavy atom. The highest BCUT2D eigenvalue weighted by Crippen LogP contribution is 2.33. The van der Waals surface area contributed by atoms with Crippen LogP contribution in [0.25, 0.3) is 0 Å². The zero-order chi connectivity index (χ0) is 17.9. The van der Waals surface area contributed by atoms with E-state index in [1.165, 1.54) is 6.20 Å². The Morgan fingerprint density at radius 1 is 1.15 bits per heavy atom. The summed E-state index contributed by atoms with van der Waals surface area (Å²) in [5, 5.41) is 4.81. The molecule has 0 bridgehead atoms. The molecule has 4 rings (SSSR count). The van der Waals surface area contributed by atoms with Crippen molar-refractivity contribution in [2.45, 2.75) is 37.8 Å². The van der Waals surface area contributed by atoms with Gasteiger partial charge in [-0.05, 0) is 43.5 Å². The maximum absolute atomic E-state index is 13.1. The number of nitrogens with zero attached hydrogens (tertiary/aromatic N) is 3. The SMILES string of the molecule is Fc1cnc(Cc2cccc([C@H]3CCC[C@@H](c4ncccc4Cl)N3)n2)s1. The Kier molecular flexibility index (Phi) is 5.24. The fraction of sp³-hybridized carbons (Fsp3) is 0.316. The largest absolute Gasteiger partial charge is 0.300 e. The molecule has 0 radical (unpaired) electrons. The Hall–Kier alpha value is -1.89. The van der Waals surface area contributed by atoms with E-state index in [1.54, 1.807) is 6.20 Å². The van der Waals surface area contributed by atoms with Crippen LogP contribution in [0.1, 0.15) is 53.4 Å². The van der Waals surface area contributed by atoms with E-state index in [1.807, 2.05) is 30.3 Å². The van der Waals surface area contributed by atoms with Gasteiger partial charge in [0.2, 0.25) is 0 Å². The second-order valence-electron chi connectivity index (χ2n) is 6.36. The Balaban J connectivity index is 1.52. The second-order valence-corrected chi connectivity index (χ2v) is 7.83. The highest BCUT2D eigenvalue weighted by atomic mass is 35.5. The zero-order valence-electron chi connectivity index (χ0n) is 14.0. The molecule has 3 aromatic heterocycles. The number of halogens is 2. The summed E-state index contributed by atoms with van der Waals surface area (Å²) in [6.07, 6.45) is 6.68. The Morgan fingerprint density at radius 3 is 2.85 bits per heavy atom. The minimum Gasteiger partial charge on any atom is -0.300 e. The lowest BCUT2D eigenvalue weighted by atomic mass is 9.94. The monoisotopic (exact) mass is 388 g/mol. The van der Waals surface area contributed by atoms with Gasteiger partial charge in [-0.25, -0.2) is 4.98 Å². The van der Waals surface area contributed by atoms with Crippen molar-refractivity contribution in [3.8, 4) is 0 Å². The highest BCUT2D eigenvalue weighted by molar-refractivity contribution is 7.09. The van der Waals surface area contributed by atoms with Crippen LogP contribution in [0, 0.1) is 5.13 Å². The fourth-order valence-electron chi connectivity index (χ4n) is 3.35. The zero-order valence-corrected chi connectivity index (χ0v) is 15.6. The third-order valence-corrected chi connectivity index (χ3v) is 5.65. The molecule has 0 amide bonds. The van der Waals surface area contributed by atoms with Crippen molar-refractivity contribution >= 4 is 22.9 Å². The maximum Gasteiger partial charge on any atom is 0.196 e. The van der Waals surface area contributed by atoms with Crippen molar-refractivity contribution in [1.82, 2.24) is 20.3 Å². The molecule has 0 saturated carbocycles. The molecule has 4 heterocycles. The summed E-state index contributed by atoms with van der Waals surface area (Å²) in [6, 6.07) is 9.99. The van der Waals surface area contributed by atoms with Gasteiger partial charge in [-0.15, -0.1) is 0 Å². The summed E-state index contributed by atoms with van der Waals surface area (Å²) in [5.41, 5.74) is 2.79. The molecule has 4 nitrogen and oxygen atoms in total. The van der Waals surface area contributed by atoms with Crippen molar-refractivity contribution in [1.29, 1.82) is 0 Å². The van der Waals surface area contributed by atoms with E-state index in [0.717, 1.165) is 52.7 Å². The number of pyridine rings is 2. The van der Waals surface area contributed by atoms with Crippen LogP contribution < -0.4 is 5.32 Å². The van der Waals surface area contributed by atoms with Gasteiger partial charge in [0.1, 0.15) is 5.01 Å². The standard InChI is InChI=1S/C19H18ClFN4S/c20-13-5-3-9-22-19(13)16-8-2-7-15(25-16)14-6-1-4-12(24-14)10-18-23-11-17(21)26-18/h1,3-6,9,11,15-16,25H,2,7-8,10H2/t15-,16+/m1/s1. The van der Waals surface area contributed by atoms with Crippen LogP contribution in [0.2, 0.25) is 5.02 Å². The lowest BCUT2D eigenvalue weighted by Crippen LogP contribution is -2.32. The van der Waals surface area contributed by atoms with E-state index in [9.17, 15) is 4.39 Å². The van der Waals surface area contributed by atoms with E-state index in [-0.39, 0.29) is 17.2 Å². The van der Waals surface area contributed by atoms with Gasteiger partial charge in [-0.3, -0.25) is 9.97 Å². The molecule has 26 heavy (non-hydrogen) atoms. The normalized spacial score (nSPS) is 20.2. The summed E-state index contributed by atoms with van der Waals surface area (Å²) in [4.78, 5) is 13.3. The van der Waals surface area contributed by atoms with E-state index in [0.29, 0.717) is 11.4 Å². The minimum atomic E-state index is -0.264. The molecule has 134 valence electrons. The Bertz CT molecular complexity index is 901. The molecule has 2 atom stereocenters. The molecule has 3 aromatic rings. The van der Waals surface area contributed by atoms with Crippen molar-refractivity contribution < 1.29 is 4.39 Å². The smallest absolute Gasteiger partial charge is 0.196 e. The van der Waals surface area contributed by atoms with Crippen LogP contribution in [-0.2, 0) is 6.42 Å². The van der Waals surface area contributed by atoms with Gasteiger partial charge in [0.05, 0.1) is 28.6 Å². The summed E-state index contributed by atoms with van der Waals surface area (Å²) in [7, 11) is 0. The van der Waals surface area contributed by atoms with Crippen LogP contribution >= 0.6 is 22.9 Å². The van der Waals surface area contributed by atoms with Crippen LogP contribution in [-0.4, -0.2) is 15.0 Å². The fourth-order valence-corrected chi connectivity index (χ4v) is 4.26. The molecular formula is C19H18ClFN4S. The van der Waals surface area contributed by atoms with E-state index < -0.39 is 0 Å². The first kappa shape index (κ1) is 17.5. The van der Waals surface area contributed by atoms with Gasteiger partial charge in [0, 0.05) is 24.4 Å². The number of nitrogens with one attached hydrogen (secondary N) is 1. The average Bonchev–Trinajstić information content (AvgIpc) is 3.07. The van der Waals surface area contributed by atoms with Gasteiger partial charge >= 0.3 is 0 Å². The summed E-state index contributed by atoms with van der Waals surface area (Å²) < 4.78 is 13.1. The van der Waals surface area contributed by atoms with Crippen molar-refractivity contribution in [3.63, 3.8) is 0 Å². The number of hydrogen-bond donors (Lipinski definition) is 1. The second kappa shape index (κ2) is 7.78. The third kappa shape index (κ3) is 3.92. The molecule has 0 aromatic carbocycles. The third-order valence-electron chi connectivity index (χ3n) is 4.55. The van der Waals surface area contributed by atoms with Gasteiger partial charge in [0.15, 0.2) is 5.13 Å². The number of hydrogen-bond acceptors (Lipinski definition) is 5. The van der Waals surface area contributed by atoms with Crippen molar-refractivity contribution in [3.05, 3.63) is 75.0 Å². The van der Waals surface area contributed by atoms with E-state index in [2.05, 4.69) is 15.3 Å². The summed E-state index contributed by atoms with van der Waals surface area (Å²) in [5.74, 6) is 0. The van der Waals surface area contributed by atoms with Crippen LogP contribution in [0.3, 0.4) is 0 Å². The van der Waals surface area contributed by atoms with Crippen molar-refractivity contribution in [2.75, 3.05) is 0 Å². The minimum absolute atomic E-state index is 0.126. The van der Waals surface area contributed by atoms with Crippen molar-refractivity contribution in [2.24, 2.45) is 0 Å². The van der Waals surface area contributed by atoms with Crippen LogP contribution in [0.4, 0.5) is 4.39 Å². The first-order valence-corrected chi connectivity index (χ1v) is 9.81. The number of rotatable bonds is 4. The molecule has 1 aliphatic rings. The van der Waals surface area contributed by atoms with E-state index >= 15 is 0 Å². The molecule has 1 fully saturated rings. The predicted octanol–water partition coefficient (Wildman–Crippen LogP) is 4.87. The number of aromatic nitrogens is 3. The van der Waals surface area contributed by atoms with Gasteiger partial charge in [-0.1, -0.05) is 29.0 Å². The van der Waals surface area contributed by atoms with Crippen LogP contribution in [0.15, 0.2) is 42.7 Å². The molecule has 0 unspecified atom stereocenters. The number of piperidine rings is 1. The maximum atomic E-state index is 13.1.